The summed E-state index contributed by atoms with van der Waals surface area (Å²) < 4.78 is 14.6. The predicted molar refractivity (Wildman–Crippen MR) is 150 cm³/mol. The van der Waals surface area contributed by atoms with Gasteiger partial charge in [-0.15, -0.1) is 10.2 Å². The normalized spacial score (nSPS) is 21.2. The molecule has 0 radical (unpaired) electrons. The number of likely N-dealkylation sites (tertiary alicyclic amines) is 1. The van der Waals surface area contributed by atoms with E-state index in [1.807, 2.05) is 45.9 Å². The van der Waals surface area contributed by atoms with E-state index < -0.39 is 18.2 Å². The molecule has 0 saturated carbocycles. The molecule has 1 aliphatic carbocycles. The Hall–Kier alpha value is -3.43. The highest BCUT2D eigenvalue weighted by molar-refractivity contribution is 6.30. The van der Waals surface area contributed by atoms with E-state index >= 15 is 0 Å². The number of carboxylic acids is 1. The number of benzene rings is 1. The monoisotopic (exact) mass is 566 g/mol. The molecule has 2 aromatic rings. The number of piperidine rings is 1. The number of ether oxygens (including phenoxy) is 2. The Kier molecular flexibility index (Phi) is 8.42. The van der Waals surface area contributed by atoms with Gasteiger partial charge in [-0.3, -0.25) is 14.2 Å². The van der Waals surface area contributed by atoms with Gasteiger partial charge in [0.2, 0.25) is 5.91 Å². The number of hydrogen-bond donors (Lipinski definition) is 1. The van der Waals surface area contributed by atoms with Gasteiger partial charge in [0, 0.05) is 41.6 Å². The van der Waals surface area contributed by atoms with Crippen LogP contribution in [0.4, 0.5) is 0 Å². The van der Waals surface area contributed by atoms with Crippen molar-refractivity contribution in [2.75, 3.05) is 20.2 Å². The van der Waals surface area contributed by atoms with Crippen LogP contribution in [-0.4, -0.2) is 56.8 Å². The van der Waals surface area contributed by atoms with Crippen LogP contribution in [0.25, 0.3) is 5.69 Å². The van der Waals surface area contributed by atoms with Gasteiger partial charge in [-0.05, 0) is 49.5 Å². The molecule has 1 aromatic carbocycles. The van der Waals surface area contributed by atoms with Crippen molar-refractivity contribution >= 4 is 23.5 Å². The summed E-state index contributed by atoms with van der Waals surface area (Å²) in [6.45, 7) is 5.17. The summed E-state index contributed by atoms with van der Waals surface area (Å²) >= 11 is 6.53. The smallest absolute Gasteiger partial charge is 0.303 e. The molecule has 1 saturated heterocycles. The van der Waals surface area contributed by atoms with Crippen molar-refractivity contribution in [3.8, 4) is 5.69 Å². The first-order chi connectivity index (χ1) is 19.3. The highest BCUT2D eigenvalue weighted by Gasteiger charge is 2.38. The van der Waals surface area contributed by atoms with Gasteiger partial charge >= 0.3 is 5.97 Å². The number of carboxylic acid groups (broad SMARTS) is 1. The van der Waals surface area contributed by atoms with E-state index in [9.17, 15) is 9.59 Å². The van der Waals surface area contributed by atoms with Crippen LogP contribution in [0.1, 0.15) is 81.3 Å². The van der Waals surface area contributed by atoms with Gasteiger partial charge in [-0.2, -0.15) is 0 Å². The molecule has 2 aliphatic heterocycles. The van der Waals surface area contributed by atoms with Crippen LogP contribution in [0.2, 0.25) is 5.02 Å². The SMILES string of the molecule is COC1=C(C2OC(CC(=O)N3CCC(CC(=O)O)CC3)c3nnc(C(C)C)n3-c3ccc(Cl)cc32)C=CCC=C1. The zero-order valence-corrected chi connectivity index (χ0v) is 23.8. The second-order valence-corrected chi connectivity index (χ2v) is 11.2. The van der Waals surface area contributed by atoms with Gasteiger partial charge in [0.1, 0.15) is 23.8 Å². The highest BCUT2D eigenvalue weighted by Crippen LogP contribution is 2.44. The lowest BCUT2D eigenvalue weighted by molar-refractivity contribution is -0.139. The second-order valence-electron chi connectivity index (χ2n) is 10.8. The van der Waals surface area contributed by atoms with Crippen molar-refractivity contribution in [3.05, 3.63) is 76.1 Å². The predicted octanol–water partition coefficient (Wildman–Crippen LogP) is 5.68. The number of halogens is 1. The third kappa shape index (κ3) is 5.71. The Balaban J connectivity index is 1.55. The molecule has 1 amide bonds. The summed E-state index contributed by atoms with van der Waals surface area (Å²) in [5, 5.41) is 18.8. The van der Waals surface area contributed by atoms with E-state index in [2.05, 4.69) is 30.1 Å². The summed E-state index contributed by atoms with van der Waals surface area (Å²) in [5.41, 5.74) is 2.52. The number of aromatic nitrogens is 3. The van der Waals surface area contributed by atoms with Gasteiger partial charge in [0.15, 0.2) is 5.82 Å². The van der Waals surface area contributed by atoms with Gasteiger partial charge in [-0.1, -0.05) is 43.7 Å². The van der Waals surface area contributed by atoms with E-state index in [0.29, 0.717) is 42.5 Å². The minimum Gasteiger partial charge on any atom is -0.496 e. The van der Waals surface area contributed by atoms with Gasteiger partial charge in [0.05, 0.1) is 19.2 Å². The molecule has 0 bridgehead atoms. The Morgan fingerprint density at radius 1 is 1.15 bits per heavy atom. The number of allylic oxidation sites excluding steroid dienone is 3. The van der Waals surface area contributed by atoms with Crippen molar-refractivity contribution in [2.24, 2.45) is 5.92 Å². The molecular formula is C30H35ClN4O5. The molecule has 1 aromatic heterocycles. The third-order valence-electron chi connectivity index (χ3n) is 7.75. The Labute approximate surface area is 239 Å². The van der Waals surface area contributed by atoms with Crippen LogP contribution in [-0.2, 0) is 19.1 Å². The van der Waals surface area contributed by atoms with Gasteiger partial charge in [0.25, 0.3) is 0 Å². The molecule has 1 fully saturated rings. The number of rotatable bonds is 7. The van der Waals surface area contributed by atoms with Crippen LogP contribution >= 0.6 is 11.6 Å². The standard InChI is InChI=1S/C30H35ClN4O5/c1-18(2)29-32-33-30-25(17-26(36)34-13-11-19(12-14-34)15-27(37)38)40-28(21-7-5-4-6-8-24(21)39-3)22-16-20(31)9-10-23(22)35(29)30/h5-10,16,18-19,25,28H,4,11-15,17H2,1-3H3,(H,37,38). The topological polar surface area (TPSA) is 107 Å². The Morgan fingerprint density at radius 3 is 2.60 bits per heavy atom. The molecule has 10 heteroatoms. The first-order valence-electron chi connectivity index (χ1n) is 13.8. The van der Waals surface area contributed by atoms with Crippen molar-refractivity contribution in [2.45, 2.75) is 64.1 Å². The number of amides is 1. The first-order valence-corrected chi connectivity index (χ1v) is 14.2. The largest absolute Gasteiger partial charge is 0.496 e. The number of nitrogens with zero attached hydrogens (tertiary/aromatic N) is 4. The summed E-state index contributed by atoms with van der Waals surface area (Å²) in [7, 11) is 1.63. The number of carbonyl (C=O) groups excluding carboxylic acids is 1. The molecule has 2 unspecified atom stereocenters. The van der Waals surface area contributed by atoms with E-state index in [1.165, 1.54) is 0 Å². The Bertz CT molecular complexity index is 1370. The second kappa shape index (κ2) is 12.0. The van der Waals surface area contributed by atoms with E-state index in [-0.39, 0.29) is 30.6 Å². The fourth-order valence-electron chi connectivity index (χ4n) is 5.71. The maximum Gasteiger partial charge on any atom is 0.303 e. The molecule has 3 aliphatic rings. The average Bonchev–Trinajstić information content (AvgIpc) is 3.16. The first kappa shape index (κ1) is 28.1. The summed E-state index contributed by atoms with van der Waals surface area (Å²) in [4.78, 5) is 26.6. The van der Waals surface area contributed by atoms with E-state index in [4.69, 9.17) is 26.2 Å². The lowest BCUT2D eigenvalue weighted by atomic mass is 9.93. The van der Waals surface area contributed by atoms with Crippen molar-refractivity contribution in [3.63, 3.8) is 0 Å². The molecule has 2 atom stereocenters. The molecule has 40 heavy (non-hydrogen) atoms. The van der Waals surface area contributed by atoms with Crippen LogP contribution in [0.15, 0.2) is 53.8 Å². The maximum absolute atomic E-state index is 13.6. The highest BCUT2D eigenvalue weighted by atomic mass is 35.5. The van der Waals surface area contributed by atoms with Crippen LogP contribution < -0.4 is 0 Å². The van der Waals surface area contributed by atoms with Gasteiger partial charge in [-0.25, -0.2) is 0 Å². The summed E-state index contributed by atoms with van der Waals surface area (Å²) in [6.07, 6.45) is 9.07. The van der Waals surface area contributed by atoms with Crippen molar-refractivity contribution in [1.82, 2.24) is 19.7 Å². The van der Waals surface area contributed by atoms with Crippen LogP contribution in [0.5, 0.6) is 0 Å². The van der Waals surface area contributed by atoms with E-state index in [1.54, 1.807) is 7.11 Å². The number of hydrogen-bond acceptors (Lipinski definition) is 6. The van der Waals surface area contributed by atoms with Crippen LogP contribution in [0.3, 0.4) is 0 Å². The minimum absolute atomic E-state index is 0.0561. The lowest BCUT2D eigenvalue weighted by Gasteiger charge is -2.32. The molecule has 9 nitrogen and oxygen atoms in total. The number of aliphatic carboxylic acids is 1. The number of methoxy groups -OCH3 is 1. The average molecular weight is 567 g/mol. The van der Waals surface area contributed by atoms with Crippen molar-refractivity contribution < 1.29 is 24.2 Å². The number of carbonyl (C=O) groups is 2. The fourth-order valence-corrected chi connectivity index (χ4v) is 5.89. The van der Waals surface area contributed by atoms with Gasteiger partial charge < -0.3 is 19.5 Å². The quantitative estimate of drug-likeness (QED) is 0.459. The molecular weight excluding hydrogens is 532 g/mol. The molecule has 0 spiro atoms. The third-order valence-corrected chi connectivity index (χ3v) is 7.98. The molecule has 212 valence electrons. The molecule has 1 N–H and O–H groups in total. The lowest BCUT2D eigenvalue weighted by Crippen LogP contribution is -2.39. The van der Waals surface area contributed by atoms with Crippen molar-refractivity contribution in [1.29, 1.82) is 0 Å². The zero-order chi connectivity index (χ0) is 28.4. The fraction of sp³-hybridized carbons (Fsp3) is 0.467. The van der Waals surface area contributed by atoms with E-state index in [0.717, 1.165) is 29.1 Å². The maximum atomic E-state index is 13.6. The van der Waals surface area contributed by atoms with Crippen LogP contribution in [0, 0.1) is 5.92 Å². The minimum atomic E-state index is -0.797. The molecule has 5 rings (SSSR count). The summed E-state index contributed by atoms with van der Waals surface area (Å²) in [5.74, 6) is 1.32. The zero-order valence-electron chi connectivity index (χ0n) is 23.0. The Morgan fingerprint density at radius 2 is 1.90 bits per heavy atom. The molecule has 3 heterocycles. The number of fused-ring (bicyclic) bond motifs is 3. The summed E-state index contributed by atoms with van der Waals surface area (Å²) in [6, 6.07) is 5.69.